The van der Waals surface area contributed by atoms with Crippen molar-refractivity contribution in [3.63, 3.8) is 0 Å². The van der Waals surface area contributed by atoms with Gasteiger partial charge in [0.15, 0.2) is 5.78 Å². The summed E-state index contributed by atoms with van der Waals surface area (Å²) in [5, 5.41) is 0. The Morgan fingerprint density at radius 3 is 2.55 bits per heavy atom. The number of fused-ring (bicyclic) bond motifs is 1. The predicted octanol–water partition coefficient (Wildman–Crippen LogP) is 2.27. The van der Waals surface area contributed by atoms with Crippen LogP contribution in [0.3, 0.4) is 0 Å². The first kappa shape index (κ1) is 13.6. The molecule has 2 aliphatic heterocycles. The number of likely N-dealkylation sites (tertiary alicyclic amines) is 1. The lowest BCUT2D eigenvalue weighted by atomic mass is 9.76. The molecule has 1 aromatic carbocycles. The lowest BCUT2D eigenvalue weighted by Gasteiger charge is -2.48. The van der Waals surface area contributed by atoms with Gasteiger partial charge in [0.25, 0.3) is 0 Å². The van der Waals surface area contributed by atoms with Crippen molar-refractivity contribution in [1.29, 1.82) is 0 Å². The topological polar surface area (TPSA) is 29.5 Å². The highest BCUT2D eigenvalue weighted by molar-refractivity contribution is 6.10. The summed E-state index contributed by atoms with van der Waals surface area (Å²) in [5.41, 5.74) is 4.14. The minimum Gasteiger partial charge on any atom is -0.380 e. The van der Waals surface area contributed by atoms with Crippen molar-refractivity contribution >= 4 is 11.5 Å². The number of Topliss-reactive ketones (excluding diaryl/α,β-unsaturated/α-hetero) is 1. The number of terminal acetylenes is 1. The van der Waals surface area contributed by atoms with E-state index in [1.54, 1.807) is 0 Å². The Hall–Kier alpha value is -2.05. The second-order valence-corrected chi connectivity index (χ2v) is 6.60. The van der Waals surface area contributed by atoms with Crippen LogP contribution in [-0.4, -0.2) is 37.0 Å². The van der Waals surface area contributed by atoms with Crippen LogP contribution in [0.5, 0.6) is 0 Å². The van der Waals surface area contributed by atoms with Crippen LogP contribution in [0, 0.1) is 17.8 Å². The van der Waals surface area contributed by atoms with Crippen LogP contribution in [0.15, 0.2) is 29.8 Å². The number of ketones is 1. The van der Waals surface area contributed by atoms with E-state index in [-0.39, 0.29) is 5.78 Å². The number of piperidine rings is 1. The number of allylic oxidation sites excluding steroid dienone is 1. The maximum atomic E-state index is 12.4. The van der Waals surface area contributed by atoms with E-state index < -0.39 is 0 Å². The fourth-order valence-corrected chi connectivity index (χ4v) is 3.79. The van der Waals surface area contributed by atoms with Gasteiger partial charge in [0.1, 0.15) is 0 Å². The first-order chi connectivity index (χ1) is 10.7. The molecule has 0 aromatic heterocycles. The number of rotatable bonds is 1. The molecule has 0 radical (unpaired) electrons. The van der Waals surface area contributed by atoms with Crippen molar-refractivity contribution in [3.8, 4) is 12.3 Å². The Morgan fingerprint density at radius 2 is 1.91 bits per heavy atom. The molecule has 0 atom stereocenters. The highest BCUT2D eigenvalue weighted by Crippen LogP contribution is 2.42. The number of carbonyl (C=O) groups excluding carboxylic acids is 1. The molecule has 22 heavy (non-hydrogen) atoms. The summed E-state index contributed by atoms with van der Waals surface area (Å²) >= 11 is 0. The van der Waals surface area contributed by atoms with E-state index >= 15 is 0 Å². The lowest BCUT2D eigenvalue weighted by Crippen LogP contribution is -2.50. The third-order valence-corrected chi connectivity index (χ3v) is 5.24. The lowest BCUT2D eigenvalue weighted by molar-refractivity contribution is -0.135. The highest BCUT2D eigenvalue weighted by Gasteiger charge is 2.42. The van der Waals surface area contributed by atoms with Crippen molar-refractivity contribution in [3.05, 3.63) is 41.0 Å². The van der Waals surface area contributed by atoms with Crippen LogP contribution < -0.4 is 0 Å². The maximum absolute atomic E-state index is 12.4. The average molecular weight is 293 g/mol. The monoisotopic (exact) mass is 293 g/mol. The quantitative estimate of drug-likeness (QED) is 0.744. The molecule has 2 fully saturated rings. The summed E-state index contributed by atoms with van der Waals surface area (Å²) in [5.74, 6) is 2.73. The third-order valence-electron chi connectivity index (χ3n) is 5.24. The van der Waals surface area contributed by atoms with Gasteiger partial charge in [-0.05, 0) is 18.4 Å². The molecule has 112 valence electrons. The molecule has 1 aliphatic carbocycles. The van der Waals surface area contributed by atoms with Gasteiger partial charge in [-0.2, -0.15) is 0 Å². The molecule has 1 spiro atoms. The Morgan fingerprint density at radius 1 is 1.18 bits per heavy atom. The van der Waals surface area contributed by atoms with Crippen LogP contribution in [0.1, 0.15) is 24.0 Å². The number of hydrogen-bond donors (Lipinski definition) is 0. The van der Waals surface area contributed by atoms with E-state index in [2.05, 4.69) is 16.9 Å². The van der Waals surface area contributed by atoms with Crippen LogP contribution in [0.25, 0.3) is 5.70 Å². The van der Waals surface area contributed by atoms with Gasteiger partial charge in [0, 0.05) is 30.5 Å². The highest BCUT2D eigenvalue weighted by atomic mass is 16.5. The fourth-order valence-electron chi connectivity index (χ4n) is 3.79. The Labute approximate surface area is 131 Å². The molecule has 2 saturated heterocycles. The third kappa shape index (κ3) is 1.99. The second-order valence-electron chi connectivity index (χ2n) is 6.60. The number of hydrogen-bond acceptors (Lipinski definition) is 3. The zero-order chi connectivity index (χ0) is 15.2. The minimum atomic E-state index is 0.0727. The minimum absolute atomic E-state index is 0.0727. The summed E-state index contributed by atoms with van der Waals surface area (Å²) in [6, 6.07) is 8.13. The molecular formula is C19H19NO2. The van der Waals surface area contributed by atoms with E-state index in [4.69, 9.17) is 11.2 Å². The number of nitrogens with zero attached hydrogens (tertiary/aromatic N) is 1. The van der Waals surface area contributed by atoms with Crippen molar-refractivity contribution in [2.24, 2.45) is 5.41 Å². The SMILES string of the molecule is C#CC1=C(N2CCC3(CC2)COC3)c2ccccc2CC1=O. The first-order valence-electron chi connectivity index (χ1n) is 7.87. The summed E-state index contributed by atoms with van der Waals surface area (Å²) in [7, 11) is 0. The molecule has 0 bridgehead atoms. The standard InChI is InChI=1S/C19H19NO2/c1-2-15-17(21)11-14-5-3-4-6-16(14)18(15)20-9-7-19(8-10-20)12-22-13-19/h1,3-6H,7-13H2. The molecule has 3 aliphatic rings. The van der Waals surface area contributed by atoms with Crippen molar-refractivity contribution in [2.75, 3.05) is 26.3 Å². The van der Waals surface area contributed by atoms with Gasteiger partial charge in [-0.15, -0.1) is 6.42 Å². The molecule has 0 unspecified atom stereocenters. The van der Waals surface area contributed by atoms with Crippen LogP contribution in [0.2, 0.25) is 0 Å². The number of benzene rings is 1. The van der Waals surface area contributed by atoms with E-state index in [0.29, 0.717) is 17.4 Å². The summed E-state index contributed by atoms with van der Waals surface area (Å²) in [4.78, 5) is 14.7. The Balaban J connectivity index is 1.71. The second kappa shape index (κ2) is 5.00. The largest absolute Gasteiger partial charge is 0.380 e. The van der Waals surface area contributed by atoms with Crippen molar-refractivity contribution in [2.45, 2.75) is 19.3 Å². The molecule has 0 saturated carbocycles. The predicted molar refractivity (Wildman–Crippen MR) is 85.0 cm³/mol. The zero-order valence-corrected chi connectivity index (χ0v) is 12.6. The maximum Gasteiger partial charge on any atom is 0.177 e. The van der Waals surface area contributed by atoms with Gasteiger partial charge < -0.3 is 9.64 Å². The molecule has 3 heteroatoms. The number of ether oxygens (including phenoxy) is 1. The Kier molecular flexibility index (Phi) is 3.09. The average Bonchev–Trinajstić information content (AvgIpc) is 2.52. The van der Waals surface area contributed by atoms with Crippen LogP contribution in [0.4, 0.5) is 0 Å². The Bertz CT molecular complexity index is 696. The number of carbonyl (C=O) groups is 1. The molecule has 3 nitrogen and oxygen atoms in total. The van der Waals surface area contributed by atoms with Gasteiger partial charge in [-0.25, -0.2) is 0 Å². The van der Waals surface area contributed by atoms with E-state index in [0.717, 1.165) is 56.0 Å². The van der Waals surface area contributed by atoms with Gasteiger partial charge in [-0.3, -0.25) is 4.79 Å². The smallest absolute Gasteiger partial charge is 0.177 e. The zero-order valence-electron chi connectivity index (χ0n) is 12.6. The van der Waals surface area contributed by atoms with Gasteiger partial charge in [-0.1, -0.05) is 30.2 Å². The van der Waals surface area contributed by atoms with E-state index in [9.17, 15) is 4.79 Å². The molecular weight excluding hydrogens is 274 g/mol. The molecule has 4 rings (SSSR count). The summed E-state index contributed by atoms with van der Waals surface area (Å²) in [6.45, 7) is 3.67. The summed E-state index contributed by atoms with van der Waals surface area (Å²) < 4.78 is 5.39. The van der Waals surface area contributed by atoms with Crippen molar-refractivity contribution in [1.82, 2.24) is 4.90 Å². The van der Waals surface area contributed by atoms with Crippen LogP contribution in [-0.2, 0) is 16.0 Å². The molecule has 1 aromatic rings. The van der Waals surface area contributed by atoms with E-state index in [1.807, 2.05) is 18.2 Å². The van der Waals surface area contributed by atoms with Gasteiger partial charge in [0.05, 0.1) is 24.5 Å². The summed E-state index contributed by atoms with van der Waals surface area (Å²) in [6.07, 6.45) is 8.32. The van der Waals surface area contributed by atoms with Crippen LogP contribution >= 0.6 is 0 Å². The normalized spacial score (nSPS) is 23.0. The molecule has 2 heterocycles. The van der Waals surface area contributed by atoms with Crippen molar-refractivity contribution < 1.29 is 9.53 Å². The van der Waals surface area contributed by atoms with Gasteiger partial charge >= 0.3 is 0 Å². The molecule has 0 amide bonds. The first-order valence-corrected chi connectivity index (χ1v) is 7.87. The fraction of sp³-hybridized carbons (Fsp3) is 0.421. The van der Waals surface area contributed by atoms with Gasteiger partial charge in [0.2, 0.25) is 0 Å². The molecule has 0 N–H and O–H groups in total. The van der Waals surface area contributed by atoms with E-state index in [1.165, 1.54) is 0 Å².